The minimum absolute atomic E-state index is 0.145. The maximum Gasteiger partial charge on any atom is 0.200 e. The Balaban J connectivity index is 2.52. The molecule has 0 atom stereocenters. The summed E-state index contributed by atoms with van der Waals surface area (Å²) < 4.78 is 23.4. The predicted molar refractivity (Wildman–Crippen MR) is 67.2 cm³/mol. The highest BCUT2D eigenvalue weighted by Crippen LogP contribution is 2.26. The Hall–Kier alpha value is -2.43. The van der Waals surface area contributed by atoms with Gasteiger partial charge in [-0.25, -0.2) is 4.39 Å². The van der Waals surface area contributed by atoms with Crippen molar-refractivity contribution >= 4 is 5.78 Å². The summed E-state index contributed by atoms with van der Waals surface area (Å²) in [7, 11) is 2.87. The van der Waals surface area contributed by atoms with E-state index in [1.807, 2.05) is 0 Å². The number of benzene rings is 1. The Labute approximate surface area is 109 Å². The minimum Gasteiger partial charge on any atom is -0.496 e. The topological polar surface area (TPSA) is 48.4 Å². The normalized spacial score (nSPS) is 10.1. The average molecular weight is 261 g/mol. The Morgan fingerprint density at radius 2 is 1.84 bits per heavy atom. The number of carbonyl (C=O) groups is 1. The summed E-state index contributed by atoms with van der Waals surface area (Å²) in [6, 6.07) is 5.31. The van der Waals surface area contributed by atoms with Gasteiger partial charge in [-0.15, -0.1) is 0 Å². The Bertz CT molecular complexity index is 613. The molecular weight excluding hydrogens is 249 g/mol. The summed E-state index contributed by atoms with van der Waals surface area (Å²) in [6.45, 7) is 0. The van der Waals surface area contributed by atoms with E-state index in [0.29, 0.717) is 17.1 Å². The molecule has 0 spiro atoms. The molecule has 0 aliphatic rings. The molecule has 0 N–H and O–H groups in total. The van der Waals surface area contributed by atoms with Gasteiger partial charge in [-0.05, 0) is 24.3 Å². The second-order valence-electron chi connectivity index (χ2n) is 3.75. The van der Waals surface area contributed by atoms with Gasteiger partial charge in [0.25, 0.3) is 0 Å². The molecule has 98 valence electrons. The lowest BCUT2D eigenvalue weighted by atomic mass is 10.0. The van der Waals surface area contributed by atoms with Gasteiger partial charge in [-0.2, -0.15) is 0 Å². The molecule has 5 heteroatoms. The highest BCUT2D eigenvalue weighted by Gasteiger charge is 2.19. The van der Waals surface area contributed by atoms with E-state index in [2.05, 4.69) is 4.98 Å². The number of ether oxygens (including phenoxy) is 2. The SMILES string of the molecule is COc1cnccc1C(=O)c1cc(F)ccc1OC. The largest absolute Gasteiger partial charge is 0.496 e. The first-order chi connectivity index (χ1) is 9.17. The molecule has 0 fully saturated rings. The Morgan fingerprint density at radius 3 is 2.53 bits per heavy atom. The van der Waals surface area contributed by atoms with Crippen molar-refractivity contribution in [3.63, 3.8) is 0 Å². The van der Waals surface area contributed by atoms with Crippen LogP contribution in [0.25, 0.3) is 0 Å². The van der Waals surface area contributed by atoms with Crippen molar-refractivity contribution in [2.24, 2.45) is 0 Å². The van der Waals surface area contributed by atoms with Crippen LogP contribution in [0, 0.1) is 5.82 Å². The van der Waals surface area contributed by atoms with Crippen LogP contribution in [0.1, 0.15) is 15.9 Å². The molecule has 0 unspecified atom stereocenters. The first kappa shape index (κ1) is 13.0. The van der Waals surface area contributed by atoms with Gasteiger partial charge >= 0.3 is 0 Å². The van der Waals surface area contributed by atoms with Crippen molar-refractivity contribution in [3.8, 4) is 11.5 Å². The number of hydrogen-bond acceptors (Lipinski definition) is 4. The number of halogens is 1. The fourth-order valence-corrected chi connectivity index (χ4v) is 1.73. The van der Waals surface area contributed by atoms with Gasteiger partial charge in [-0.3, -0.25) is 9.78 Å². The summed E-state index contributed by atoms with van der Waals surface area (Å²) in [5.74, 6) is -0.239. The fourth-order valence-electron chi connectivity index (χ4n) is 1.73. The van der Waals surface area contributed by atoms with E-state index < -0.39 is 5.82 Å². The zero-order valence-corrected chi connectivity index (χ0v) is 10.5. The van der Waals surface area contributed by atoms with Gasteiger partial charge < -0.3 is 9.47 Å². The van der Waals surface area contributed by atoms with Gasteiger partial charge in [0.1, 0.15) is 17.3 Å². The van der Waals surface area contributed by atoms with E-state index in [1.54, 1.807) is 0 Å². The monoisotopic (exact) mass is 261 g/mol. The average Bonchev–Trinajstić information content (AvgIpc) is 2.46. The molecule has 0 aliphatic carbocycles. The van der Waals surface area contributed by atoms with E-state index >= 15 is 0 Å². The molecular formula is C14H12FNO3. The van der Waals surface area contributed by atoms with Crippen LogP contribution in [-0.4, -0.2) is 25.0 Å². The molecule has 2 rings (SSSR count). The van der Waals surface area contributed by atoms with Crippen molar-refractivity contribution < 1.29 is 18.7 Å². The summed E-state index contributed by atoms with van der Waals surface area (Å²) in [5.41, 5.74) is 0.452. The van der Waals surface area contributed by atoms with Crippen molar-refractivity contribution in [1.29, 1.82) is 0 Å². The second-order valence-corrected chi connectivity index (χ2v) is 3.75. The molecule has 0 amide bonds. The highest BCUT2D eigenvalue weighted by molar-refractivity contribution is 6.12. The number of aromatic nitrogens is 1. The summed E-state index contributed by atoms with van der Waals surface area (Å²) in [4.78, 5) is 16.3. The van der Waals surface area contributed by atoms with Gasteiger partial charge in [0, 0.05) is 6.20 Å². The van der Waals surface area contributed by atoms with Crippen LogP contribution >= 0.6 is 0 Å². The van der Waals surface area contributed by atoms with E-state index in [4.69, 9.17) is 9.47 Å². The van der Waals surface area contributed by atoms with E-state index in [-0.39, 0.29) is 11.3 Å². The van der Waals surface area contributed by atoms with E-state index in [1.165, 1.54) is 44.8 Å². The van der Waals surface area contributed by atoms with Crippen LogP contribution in [0.2, 0.25) is 0 Å². The van der Waals surface area contributed by atoms with Crippen molar-refractivity contribution in [2.45, 2.75) is 0 Å². The molecule has 1 heterocycles. The van der Waals surface area contributed by atoms with Gasteiger partial charge in [-0.1, -0.05) is 0 Å². The summed E-state index contributed by atoms with van der Waals surface area (Å²) in [5, 5.41) is 0. The second kappa shape index (κ2) is 5.48. The van der Waals surface area contributed by atoms with Crippen molar-refractivity contribution in [1.82, 2.24) is 4.98 Å². The molecule has 1 aromatic heterocycles. The van der Waals surface area contributed by atoms with Crippen LogP contribution in [0.3, 0.4) is 0 Å². The number of hydrogen-bond donors (Lipinski definition) is 0. The zero-order chi connectivity index (χ0) is 13.8. The molecule has 4 nitrogen and oxygen atoms in total. The molecule has 2 aromatic rings. The zero-order valence-electron chi connectivity index (χ0n) is 10.5. The van der Waals surface area contributed by atoms with Gasteiger partial charge in [0.2, 0.25) is 5.78 Å². The Morgan fingerprint density at radius 1 is 1.11 bits per heavy atom. The Kier molecular flexibility index (Phi) is 3.75. The van der Waals surface area contributed by atoms with Crippen LogP contribution < -0.4 is 9.47 Å². The molecule has 0 radical (unpaired) electrons. The first-order valence-electron chi connectivity index (χ1n) is 5.53. The molecule has 0 aliphatic heterocycles. The number of pyridine rings is 1. The van der Waals surface area contributed by atoms with Crippen molar-refractivity contribution in [2.75, 3.05) is 14.2 Å². The molecule has 19 heavy (non-hydrogen) atoms. The third-order valence-corrected chi connectivity index (χ3v) is 2.66. The lowest BCUT2D eigenvalue weighted by Crippen LogP contribution is -2.06. The van der Waals surface area contributed by atoms with Crippen LogP contribution in [0.15, 0.2) is 36.7 Å². The summed E-state index contributed by atoms with van der Waals surface area (Å²) in [6.07, 6.45) is 2.90. The maximum atomic E-state index is 13.3. The number of methoxy groups -OCH3 is 2. The number of rotatable bonds is 4. The molecule has 0 bridgehead atoms. The van der Waals surface area contributed by atoms with E-state index in [0.717, 1.165) is 6.07 Å². The standard InChI is InChI=1S/C14H12FNO3/c1-18-12-4-3-9(15)7-11(12)14(17)10-5-6-16-8-13(10)19-2/h3-8H,1-2H3. The quantitative estimate of drug-likeness (QED) is 0.793. The first-order valence-corrected chi connectivity index (χ1v) is 5.53. The number of carbonyl (C=O) groups excluding carboxylic acids is 1. The number of ketones is 1. The minimum atomic E-state index is -0.503. The third kappa shape index (κ3) is 2.54. The third-order valence-electron chi connectivity index (χ3n) is 2.66. The van der Waals surface area contributed by atoms with Crippen LogP contribution in [-0.2, 0) is 0 Å². The molecule has 0 saturated heterocycles. The fraction of sp³-hybridized carbons (Fsp3) is 0.143. The van der Waals surface area contributed by atoms with Crippen molar-refractivity contribution in [3.05, 3.63) is 53.6 Å². The molecule has 0 saturated carbocycles. The maximum absolute atomic E-state index is 13.3. The van der Waals surface area contributed by atoms with E-state index in [9.17, 15) is 9.18 Å². The van der Waals surface area contributed by atoms with Crippen LogP contribution in [0.4, 0.5) is 4.39 Å². The lowest BCUT2D eigenvalue weighted by Gasteiger charge is -2.10. The molecule has 1 aromatic carbocycles. The van der Waals surface area contributed by atoms with Gasteiger partial charge in [0.15, 0.2) is 0 Å². The highest BCUT2D eigenvalue weighted by atomic mass is 19.1. The smallest absolute Gasteiger partial charge is 0.200 e. The van der Waals surface area contributed by atoms with Crippen LogP contribution in [0.5, 0.6) is 11.5 Å². The van der Waals surface area contributed by atoms with Gasteiger partial charge in [0.05, 0.1) is 31.5 Å². The summed E-state index contributed by atoms with van der Waals surface area (Å²) >= 11 is 0. The number of nitrogens with zero attached hydrogens (tertiary/aromatic N) is 1. The lowest BCUT2D eigenvalue weighted by molar-refractivity contribution is 0.103. The predicted octanol–water partition coefficient (Wildman–Crippen LogP) is 2.47.